The Balaban J connectivity index is 1.94. The Bertz CT molecular complexity index is 608. The number of phenolic OH excluding ortho intramolecular Hbond substituents is 3. The number of hydrogen-bond acceptors (Lipinski definition) is 4. The molecule has 4 heteroatoms. The number of phenols is 3. The lowest BCUT2D eigenvalue weighted by molar-refractivity contribution is 0.337. The monoisotopic (exact) mass is 288 g/mol. The normalized spacial score (nSPS) is 10.5. The van der Waals surface area contributed by atoms with Crippen LogP contribution in [-0.2, 0) is 12.8 Å². The highest BCUT2D eigenvalue weighted by atomic mass is 16.5. The van der Waals surface area contributed by atoms with Crippen LogP contribution in [0.2, 0.25) is 0 Å². The quantitative estimate of drug-likeness (QED) is 0.762. The fourth-order valence-electron chi connectivity index (χ4n) is 2.24. The van der Waals surface area contributed by atoms with Crippen LogP contribution in [0, 0.1) is 0 Å². The third-order valence-electron chi connectivity index (χ3n) is 3.33. The van der Waals surface area contributed by atoms with Crippen LogP contribution < -0.4 is 4.74 Å². The molecular formula is C17H20O4. The maximum absolute atomic E-state index is 9.94. The van der Waals surface area contributed by atoms with Gasteiger partial charge in [0.15, 0.2) is 0 Å². The van der Waals surface area contributed by atoms with Gasteiger partial charge in [-0.3, -0.25) is 0 Å². The molecule has 0 aliphatic rings. The third-order valence-corrected chi connectivity index (χ3v) is 3.33. The number of ether oxygens (including phenoxy) is 1. The molecule has 4 nitrogen and oxygen atoms in total. The van der Waals surface area contributed by atoms with E-state index in [1.54, 1.807) is 18.2 Å². The summed E-state index contributed by atoms with van der Waals surface area (Å²) in [5.74, 6) is 1.05. The summed E-state index contributed by atoms with van der Waals surface area (Å²) in [7, 11) is 0. The Labute approximate surface area is 124 Å². The van der Waals surface area contributed by atoms with Gasteiger partial charge in [0.1, 0.15) is 23.0 Å². The lowest BCUT2D eigenvalue weighted by Gasteiger charge is -2.09. The lowest BCUT2D eigenvalue weighted by Crippen LogP contribution is -1.94. The highest BCUT2D eigenvalue weighted by Gasteiger charge is 2.06. The molecule has 0 saturated carbocycles. The molecule has 0 spiro atoms. The second-order valence-electron chi connectivity index (χ2n) is 4.89. The number of aromatic hydroxyl groups is 3. The van der Waals surface area contributed by atoms with Crippen LogP contribution in [0.25, 0.3) is 0 Å². The maximum atomic E-state index is 9.94. The van der Waals surface area contributed by atoms with Crippen LogP contribution in [0.1, 0.15) is 24.5 Å². The van der Waals surface area contributed by atoms with Gasteiger partial charge in [0.25, 0.3) is 0 Å². The van der Waals surface area contributed by atoms with Crippen molar-refractivity contribution in [2.45, 2.75) is 26.2 Å². The second-order valence-corrected chi connectivity index (χ2v) is 4.89. The summed E-state index contributed by atoms with van der Waals surface area (Å²) in [6.45, 7) is 2.47. The van der Waals surface area contributed by atoms with Gasteiger partial charge in [-0.05, 0) is 49.4 Å². The van der Waals surface area contributed by atoms with E-state index in [1.165, 1.54) is 6.07 Å². The molecule has 0 atom stereocenters. The zero-order chi connectivity index (χ0) is 15.2. The van der Waals surface area contributed by atoms with Gasteiger partial charge >= 0.3 is 0 Å². The fraction of sp³-hybridized carbons (Fsp3) is 0.294. The lowest BCUT2D eigenvalue weighted by atomic mass is 10.0. The van der Waals surface area contributed by atoms with Crippen molar-refractivity contribution in [1.82, 2.24) is 0 Å². The van der Waals surface area contributed by atoms with Crippen LogP contribution in [0.3, 0.4) is 0 Å². The molecule has 0 bridgehead atoms. The van der Waals surface area contributed by atoms with Crippen molar-refractivity contribution >= 4 is 0 Å². The Kier molecular flexibility index (Phi) is 4.93. The maximum Gasteiger partial charge on any atom is 0.122 e. The van der Waals surface area contributed by atoms with E-state index < -0.39 is 0 Å². The van der Waals surface area contributed by atoms with Crippen molar-refractivity contribution in [3.8, 4) is 23.0 Å². The standard InChI is InChI=1S/C17H20O4/c1-2-21-15-9-7-13(17(20)11-15)5-3-4-12-6-8-14(18)10-16(12)19/h6-11,18-20H,2-5H2,1H3. The summed E-state index contributed by atoms with van der Waals surface area (Å²) < 4.78 is 5.33. The third kappa shape index (κ3) is 4.05. The van der Waals surface area contributed by atoms with E-state index in [0.717, 1.165) is 17.5 Å². The van der Waals surface area contributed by atoms with Crippen molar-refractivity contribution in [1.29, 1.82) is 0 Å². The summed E-state index contributed by atoms with van der Waals surface area (Å²) >= 11 is 0. The summed E-state index contributed by atoms with van der Waals surface area (Å²) in [6, 6.07) is 9.93. The first-order valence-corrected chi connectivity index (χ1v) is 7.05. The summed E-state index contributed by atoms with van der Waals surface area (Å²) in [5.41, 5.74) is 1.65. The summed E-state index contributed by atoms with van der Waals surface area (Å²) in [5, 5.41) is 28.9. The van der Waals surface area contributed by atoms with Gasteiger partial charge < -0.3 is 20.1 Å². The zero-order valence-electron chi connectivity index (χ0n) is 12.0. The minimum Gasteiger partial charge on any atom is -0.508 e. The van der Waals surface area contributed by atoms with E-state index in [9.17, 15) is 15.3 Å². The fourth-order valence-corrected chi connectivity index (χ4v) is 2.24. The molecule has 2 aromatic carbocycles. The molecule has 21 heavy (non-hydrogen) atoms. The predicted molar refractivity (Wildman–Crippen MR) is 81.1 cm³/mol. The van der Waals surface area contributed by atoms with Crippen molar-refractivity contribution in [2.75, 3.05) is 6.61 Å². The molecule has 0 amide bonds. The summed E-state index contributed by atoms with van der Waals surface area (Å²) in [6.07, 6.45) is 2.18. The predicted octanol–water partition coefficient (Wildman–Crippen LogP) is 3.38. The van der Waals surface area contributed by atoms with E-state index >= 15 is 0 Å². The Hall–Kier alpha value is -2.36. The van der Waals surface area contributed by atoms with Gasteiger partial charge in [-0.2, -0.15) is 0 Å². The molecule has 3 N–H and O–H groups in total. The van der Waals surface area contributed by atoms with Crippen LogP contribution in [0.15, 0.2) is 36.4 Å². The van der Waals surface area contributed by atoms with Crippen molar-refractivity contribution in [3.63, 3.8) is 0 Å². The smallest absolute Gasteiger partial charge is 0.122 e. The van der Waals surface area contributed by atoms with Crippen molar-refractivity contribution in [2.24, 2.45) is 0 Å². The molecule has 0 saturated heterocycles. The average Bonchev–Trinajstić information content (AvgIpc) is 2.44. The van der Waals surface area contributed by atoms with Gasteiger partial charge in [0.05, 0.1) is 6.61 Å². The number of rotatable bonds is 6. The van der Waals surface area contributed by atoms with Crippen LogP contribution in [0.4, 0.5) is 0 Å². The minimum absolute atomic E-state index is 0.0559. The van der Waals surface area contributed by atoms with Gasteiger partial charge in [0.2, 0.25) is 0 Å². The van der Waals surface area contributed by atoms with E-state index in [1.807, 2.05) is 19.1 Å². The molecular weight excluding hydrogens is 268 g/mol. The van der Waals surface area contributed by atoms with Gasteiger partial charge in [-0.15, -0.1) is 0 Å². The topological polar surface area (TPSA) is 69.9 Å². The van der Waals surface area contributed by atoms with E-state index in [-0.39, 0.29) is 17.2 Å². The Morgan fingerprint density at radius 2 is 1.48 bits per heavy atom. The molecule has 0 aromatic heterocycles. The molecule has 0 unspecified atom stereocenters. The van der Waals surface area contributed by atoms with Gasteiger partial charge in [-0.25, -0.2) is 0 Å². The largest absolute Gasteiger partial charge is 0.508 e. The summed E-state index contributed by atoms with van der Waals surface area (Å²) in [4.78, 5) is 0. The highest BCUT2D eigenvalue weighted by molar-refractivity contribution is 5.41. The first-order chi connectivity index (χ1) is 10.1. The number of benzene rings is 2. The average molecular weight is 288 g/mol. The number of hydrogen-bond donors (Lipinski definition) is 3. The number of aryl methyl sites for hydroxylation is 2. The molecule has 0 fully saturated rings. The molecule has 0 aliphatic heterocycles. The van der Waals surface area contributed by atoms with Crippen LogP contribution in [-0.4, -0.2) is 21.9 Å². The first kappa shape index (κ1) is 15.0. The Morgan fingerprint density at radius 1 is 0.857 bits per heavy atom. The first-order valence-electron chi connectivity index (χ1n) is 7.05. The SMILES string of the molecule is CCOc1ccc(CCCc2ccc(O)cc2O)c(O)c1. The molecule has 0 radical (unpaired) electrons. The van der Waals surface area contributed by atoms with Crippen molar-refractivity contribution in [3.05, 3.63) is 47.5 Å². The van der Waals surface area contributed by atoms with Crippen LogP contribution in [0.5, 0.6) is 23.0 Å². The van der Waals surface area contributed by atoms with Gasteiger partial charge in [-0.1, -0.05) is 12.1 Å². The molecule has 2 aromatic rings. The van der Waals surface area contributed by atoms with Gasteiger partial charge in [0, 0.05) is 12.1 Å². The Morgan fingerprint density at radius 3 is 2.05 bits per heavy atom. The minimum atomic E-state index is 0.0559. The molecule has 0 aliphatic carbocycles. The second kappa shape index (κ2) is 6.88. The molecule has 112 valence electrons. The molecule has 0 heterocycles. The highest BCUT2D eigenvalue weighted by Crippen LogP contribution is 2.27. The van der Waals surface area contributed by atoms with Crippen molar-refractivity contribution < 1.29 is 20.1 Å². The van der Waals surface area contributed by atoms with E-state index in [0.29, 0.717) is 25.2 Å². The van der Waals surface area contributed by atoms with E-state index in [4.69, 9.17) is 4.74 Å². The zero-order valence-corrected chi connectivity index (χ0v) is 12.0. The van der Waals surface area contributed by atoms with E-state index in [2.05, 4.69) is 0 Å². The molecule has 2 rings (SSSR count). The van der Waals surface area contributed by atoms with Crippen LogP contribution >= 0.6 is 0 Å².